The van der Waals surface area contributed by atoms with E-state index in [1.54, 1.807) is 13.0 Å². The molecular formula is C12H17BrN2O3. The van der Waals surface area contributed by atoms with Crippen molar-refractivity contribution in [3.05, 3.63) is 32.8 Å². The number of hydrogen-bond donors (Lipinski definition) is 2. The van der Waals surface area contributed by atoms with E-state index < -0.39 is 10.5 Å². The van der Waals surface area contributed by atoms with Crippen LogP contribution in [0.5, 0.6) is 0 Å². The average Bonchev–Trinajstić information content (AvgIpc) is 2.27. The summed E-state index contributed by atoms with van der Waals surface area (Å²) >= 11 is 3.27. The summed E-state index contributed by atoms with van der Waals surface area (Å²) in [4.78, 5) is 10.1. The third-order valence-electron chi connectivity index (χ3n) is 2.61. The summed E-state index contributed by atoms with van der Waals surface area (Å²) in [6.45, 7) is 4.18. The highest BCUT2D eigenvalue weighted by atomic mass is 79.9. The smallest absolute Gasteiger partial charge is 0.270 e. The van der Waals surface area contributed by atoms with Gasteiger partial charge in [-0.1, -0.05) is 13.3 Å². The predicted molar refractivity (Wildman–Crippen MR) is 74.8 cm³/mol. The standard InChI is InChI=1S/C12H17BrN2O3/c1-3-6-12(2,16)8-14-11-5-4-9(15(17)18)7-10(11)13/h4-5,7,14,16H,3,6,8H2,1-2H3. The molecule has 1 atom stereocenters. The van der Waals surface area contributed by atoms with Crippen molar-refractivity contribution in [2.24, 2.45) is 0 Å². The van der Waals surface area contributed by atoms with Crippen LogP contribution in [0.1, 0.15) is 26.7 Å². The maximum atomic E-state index is 10.6. The number of non-ortho nitro benzene ring substituents is 1. The van der Waals surface area contributed by atoms with E-state index in [2.05, 4.69) is 21.2 Å². The van der Waals surface area contributed by atoms with Crippen LogP contribution in [0.15, 0.2) is 22.7 Å². The lowest BCUT2D eigenvalue weighted by atomic mass is 10.0. The Morgan fingerprint density at radius 3 is 2.72 bits per heavy atom. The van der Waals surface area contributed by atoms with E-state index in [4.69, 9.17) is 0 Å². The largest absolute Gasteiger partial charge is 0.388 e. The molecule has 0 radical (unpaired) electrons. The second-order valence-corrected chi connectivity index (χ2v) is 5.38. The fourth-order valence-electron chi connectivity index (χ4n) is 1.67. The van der Waals surface area contributed by atoms with Crippen molar-refractivity contribution >= 4 is 27.3 Å². The van der Waals surface area contributed by atoms with Gasteiger partial charge in [-0.05, 0) is 35.3 Å². The highest BCUT2D eigenvalue weighted by Crippen LogP contribution is 2.27. The number of nitrogens with one attached hydrogen (secondary N) is 1. The summed E-state index contributed by atoms with van der Waals surface area (Å²) in [6, 6.07) is 4.50. The molecule has 0 aliphatic rings. The molecule has 1 unspecified atom stereocenters. The maximum Gasteiger partial charge on any atom is 0.270 e. The quantitative estimate of drug-likeness (QED) is 0.623. The van der Waals surface area contributed by atoms with Crippen molar-refractivity contribution in [2.75, 3.05) is 11.9 Å². The molecule has 2 N–H and O–H groups in total. The number of rotatable bonds is 6. The topological polar surface area (TPSA) is 75.4 Å². The van der Waals surface area contributed by atoms with Gasteiger partial charge in [-0.3, -0.25) is 10.1 Å². The Bertz CT molecular complexity index is 435. The van der Waals surface area contributed by atoms with Gasteiger partial charge in [-0.2, -0.15) is 0 Å². The van der Waals surface area contributed by atoms with Gasteiger partial charge in [0.05, 0.1) is 10.5 Å². The molecule has 0 heterocycles. The van der Waals surface area contributed by atoms with E-state index in [9.17, 15) is 15.2 Å². The van der Waals surface area contributed by atoms with E-state index in [0.717, 1.165) is 12.1 Å². The van der Waals surface area contributed by atoms with Gasteiger partial charge in [-0.15, -0.1) is 0 Å². The maximum absolute atomic E-state index is 10.6. The lowest BCUT2D eigenvalue weighted by Crippen LogP contribution is -2.33. The van der Waals surface area contributed by atoms with Crippen LogP contribution in [0.2, 0.25) is 0 Å². The lowest BCUT2D eigenvalue weighted by molar-refractivity contribution is -0.384. The van der Waals surface area contributed by atoms with Crippen molar-refractivity contribution in [2.45, 2.75) is 32.3 Å². The molecule has 1 aromatic carbocycles. The number of nitro groups is 1. The normalized spacial score (nSPS) is 14.0. The second-order valence-electron chi connectivity index (χ2n) is 4.52. The minimum atomic E-state index is -0.782. The minimum Gasteiger partial charge on any atom is -0.388 e. The molecule has 0 saturated carbocycles. The molecule has 5 nitrogen and oxygen atoms in total. The van der Waals surface area contributed by atoms with Crippen LogP contribution in [0, 0.1) is 10.1 Å². The van der Waals surface area contributed by atoms with Crippen LogP contribution in [-0.2, 0) is 0 Å². The molecule has 0 aromatic heterocycles. The molecule has 0 amide bonds. The molecule has 0 fully saturated rings. The van der Waals surface area contributed by atoms with Gasteiger partial charge in [0.25, 0.3) is 5.69 Å². The molecule has 0 saturated heterocycles. The molecular weight excluding hydrogens is 300 g/mol. The third-order valence-corrected chi connectivity index (χ3v) is 3.27. The monoisotopic (exact) mass is 316 g/mol. The summed E-state index contributed by atoms with van der Waals surface area (Å²) in [5, 5.41) is 23.7. The van der Waals surface area contributed by atoms with Crippen molar-refractivity contribution in [1.29, 1.82) is 0 Å². The third kappa shape index (κ3) is 4.27. The zero-order valence-electron chi connectivity index (χ0n) is 10.4. The Balaban J connectivity index is 2.71. The first kappa shape index (κ1) is 14.9. The van der Waals surface area contributed by atoms with Crippen molar-refractivity contribution < 1.29 is 10.0 Å². The number of halogens is 1. The molecule has 0 bridgehead atoms. The SMILES string of the molecule is CCCC(C)(O)CNc1ccc([N+](=O)[O-])cc1Br. The molecule has 100 valence electrons. The van der Waals surface area contributed by atoms with Crippen LogP contribution in [-0.4, -0.2) is 22.2 Å². The Hall–Kier alpha value is -1.14. The Labute approximate surface area is 114 Å². The molecule has 1 aromatic rings. The fraction of sp³-hybridized carbons (Fsp3) is 0.500. The minimum absolute atomic E-state index is 0.0349. The summed E-state index contributed by atoms with van der Waals surface area (Å²) in [6.07, 6.45) is 1.60. The first-order chi connectivity index (χ1) is 8.35. The van der Waals surface area contributed by atoms with Gasteiger partial charge in [0.1, 0.15) is 0 Å². The highest BCUT2D eigenvalue weighted by molar-refractivity contribution is 9.10. The Morgan fingerprint density at radius 1 is 1.56 bits per heavy atom. The van der Waals surface area contributed by atoms with Crippen LogP contribution in [0.25, 0.3) is 0 Å². The van der Waals surface area contributed by atoms with Gasteiger partial charge in [-0.25, -0.2) is 0 Å². The molecule has 18 heavy (non-hydrogen) atoms. The number of anilines is 1. The van der Waals surface area contributed by atoms with Crippen molar-refractivity contribution in [3.63, 3.8) is 0 Å². The van der Waals surface area contributed by atoms with E-state index in [1.165, 1.54) is 12.1 Å². The summed E-state index contributed by atoms with van der Waals surface area (Å²) in [5.74, 6) is 0. The number of aliphatic hydroxyl groups is 1. The van der Waals surface area contributed by atoms with Crippen LogP contribution < -0.4 is 5.32 Å². The summed E-state index contributed by atoms with van der Waals surface area (Å²) in [5.41, 5.74) is -0.0135. The fourth-order valence-corrected chi connectivity index (χ4v) is 2.18. The van der Waals surface area contributed by atoms with Gasteiger partial charge < -0.3 is 10.4 Å². The van der Waals surface area contributed by atoms with E-state index in [1.807, 2.05) is 6.92 Å². The molecule has 6 heteroatoms. The van der Waals surface area contributed by atoms with Gasteiger partial charge in [0, 0.05) is 28.8 Å². The number of nitro benzene ring substituents is 1. The zero-order chi connectivity index (χ0) is 13.8. The van der Waals surface area contributed by atoms with Gasteiger partial charge in [0.15, 0.2) is 0 Å². The Kier molecular flexibility index (Phi) is 5.10. The molecule has 0 spiro atoms. The summed E-state index contributed by atoms with van der Waals surface area (Å²) in [7, 11) is 0. The average molecular weight is 317 g/mol. The first-order valence-electron chi connectivity index (χ1n) is 5.76. The highest BCUT2D eigenvalue weighted by Gasteiger charge is 2.19. The van der Waals surface area contributed by atoms with Crippen LogP contribution in [0.4, 0.5) is 11.4 Å². The number of nitrogens with zero attached hydrogens (tertiary/aromatic N) is 1. The van der Waals surface area contributed by atoms with Crippen LogP contribution in [0.3, 0.4) is 0 Å². The van der Waals surface area contributed by atoms with Gasteiger partial charge in [0.2, 0.25) is 0 Å². The van der Waals surface area contributed by atoms with Gasteiger partial charge >= 0.3 is 0 Å². The van der Waals surface area contributed by atoms with Crippen LogP contribution >= 0.6 is 15.9 Å². The summed E-state index contributed by atoms with van der Waals surface area (Å²) < 4.78 is 0.615. The molecule has 0 aliphatic carbocycles. The zero-order valence-corrected chi connectivity index (χ0v) is 12.0. The van der Waals surface area contributed by atoms with Crippen molar-refractivity contribution in [3.8, 4) is 0 Å². The lowest BCUT2D eigenvalue weighted by Gasteiger charge is -2.23. The number of hydrogen-bond acceptors (Lipinski definition) is 4. The van der Waals surface area contributed by atoms with E-state index in [0.29, 0.717) is 17.4 Å². The molecule has 1 rings (SSSR count). The Morgan fingerprint density at radius 2 is 2.22 bits per heavy atom. The first-order valence-corrected chi connectivity index (χ1v) is 6.55. The van der Waals surface area contributed by atoms with E-state index >= 15 is 0 Å². The number of benzene rings is 1. The predicted octanol–water partition coefficient (Wildman–Crippen LogP) is 3.32. The van der Waals surface area contributed by atoms with Crippen molar-refractivity contribution in [1.82, 2.24) is 0 Å². The second kappa shape index (κ2) is 6.15. The molecule has 0 aliphatic heterocycles. The van der Waals surface area contributed by atoms with E-state index in [-0.39, 0.29) is 5.69 Å².